The van der Waals surface area contributed by atoms with Crippen molar-refractivity contribution in [1.82, 2.24) is 5.32 Å². The van der Waals surface area contributed by atoms with Crippen LogP contribution in [-0.4, -0.2) is 47.4 Å². The van der Waals surface area contributed by atoms with Crippen LogP contribution in [0.15, 0.2) is 36.5 Å². The predicted octanol–water partition coefficient (Wildman–Crippen LogP) is 20.8. The first-order valence-electron chi connectivity index (χ1n) is 32.7. The van der Waals surface area contributed by atoms with Gasteiger partial charge in [-0.15, -0.1) is 0 Å². The summed E-state index contributed by atoms with van der Waals surface area (Å²) in [5, 5.41) is 23.3. The fourth-order valence-corrected chi connectivity index (χ4v) is 10.1. The standard InChI is InChI=1S/C67H127NO5/c1-3-5-7-9-11-13-15-17-19-27-31-35-39-43-47-51-55-59-65(70)64(63-69)68-66(71)60-56-52-48-44-40-36-32-29-25-23-21-22-24-26-30-34-38-42-46-50-54-58-62-73-67(72)61-57-53-49-45-41-37-33-28-20-18-16-14-12-10-8-6-4-2/h12,14,18,20,23,25,64-65,69-70H,3-11,13,15-17,19,21-22,24,26-63H2,1-2H3,(H,68,71)/b14-12-,20-18-,25-23-. The number of unbranched alkanes of at least 4 members (excludes halogenated alkanes) is 44. The van der Waals surface area contributed by atoms with E-state index < -0.39 is 12.1 Å². The predicted molar refractivity (Wildman–Crippen MR) is 319 cm³/mol. The molecule has 0 aromatic carbocycles. The zero-order valence-corrected chi connectivity index (χ0v) is 49.1. The first-order chi connectivity index (χ1) is 36.0. The lowest BCUT2D eigenvalue weighted by Gasteiger charge is -2.22. The second-order valence-corrected chi connectivity index (χ2v) is 22.4. The topological polar surface area (TPSA) is 95.9 Å². The SMILES string of the molecule is CCCCC/C=C\C/C=C\CCCCCCCCCC(=O)OCCCCCCCCCCCCC/C=C\CCCCCCCCCC(=O)NC(CO)C(O)CCCCCCCCCCCCCCCCCCC. The maximum absolute atomic E-state index is 12.5. The van der Waals surface area contributed by atoms with Gasteiger partial charge in [0.05, 0.1) is 25.4 Å². The number of hydrogen-bond acceptors (Lipinski definition) is 5. The zero-order valence-electron chi connectivity index (χ0n) is 49.1. The number of amides is 1. The third kappa shape index (κ3) is 59.2. The highest BCUT2D eigenvalue weighted by Crippen LogP contribution is 2.18. The minimum absolute atomic E-state index is 0.00254. The molecule has 0 aromatic rings. The maximum Gasteiger partial charge on any atom is 0.305 e. The summed E-state index contributed by atoms with van der Waals surface area (Å²) in [6, 6.07) is -0.547. The lowest BCUT2D eigenvalue weighted by Crippen LogP contribution is -2.45. The van der Waals surface area contributed by atoms with Crippen molar-refractivity contribution in [2.75, 3.05) is 13.2 Å². The third-order valence-corrected chi connectivity index (χ3v) is 15.2. The molecule has 0 saturated heterocycles. The summed E-state index contributed by atoms with van der Waals surface area (Å²) in [7, 11) is 0. The van der Waals surface area contributed by atoms with Gasteiger partial charge in [-0.3, -0.25) is 9.59 Å². The van der Waals surface area contributed by atoms with Gasteiger partial charge < -0.3 is 20.3 Å². The minimum Gasteiger partial charge on any atom is -0.466 e. The van der Waals surface area contributed by atoms with Gasteiger partial charge >= 0.3 is 5.97 Å². The van der Waals surface area contributed by atoms with Gasteiger partial charge in [0, 0.05) is 12.8 Å². The minimum atomic E-state index is -0.669. The van der Waals surface area contributed by atoms with Crippen molar-refractivity contribution in [3.05, 3.63) is 36.5 Å². The average Bonchev–Trinajstić information content (AvgIpc) is 3.39. The zero-order chi connectivity index (χ0) is 52.9. The van der Waals surface area contributed by atoms with Crippen molar-refractivity contribution in [1.29, 1.82) is 0 Å². The Balaban J connectivity index is 3.41. The van der Waals surface area contributed by atoms with Crippen molar-refractivity contribution in [2.24, 2.45) is 0 Å². The third-order valence-electron chi connectivity index (χ3n) is 15.2. The normalized spacial score (nSPS) is 12.8. The van der Waals surface area contributed by atoms with E-state index in [9.17, 15) is 19.8 Å². The van der Waals surface area contributed by atoms with Crippen LogP contribution in [0.1, 0.15) is 354 Å². The Bertz CT molecular complexity index is 1180. The van der Waals surface area contributed by atoms with Crippen LogP contribution in [0.5, 0.6) is 0 Å². The molecule has 3 N–H and O–H groups in total. The number of aliphatic hydroxyl groups excluding tert-OH is 2. The summed E-state index contributed by atoms with van der Waals surface area (Å²) in [4.78, 5) is 24.6. The Morgan fingerprint density at radius 3 is 1.08 bits per heavy atom. The average molecular weight is 1030 g/mol. The van der Waals surface area contributed by atoms with Crippen LogP contribution >= 0.6 is 0 Å². The van der Waals surface area contributed by atoms with E-state index in [0.29, 0.717) is 25.9 Å². The molecule has 2 unspecified atom stereocenters. The van der Waals surface area contributed by atoms with E-state index in [1.54, 1.807) is 0 Å². The first-order valence-corrected chi connectivity index (χ1v) is 32.7. The van der Waals surface area contributed by atoms with E-state index in [0.717, 1.165) is 51.4 Å². The van der Waals surface area contributed by atoms with Crippen molar-refractivity contribution >= 4 is 11.9 Å². The highest BCUT2D eigenvalue weighted by molar-refractivity contribution is 5.76. The molecule has 0 aromatic heterocycles. The molecule has 0 aliphatic heterocycles. The molecule has 0 aliphatic rings. The number of carbonyl (C=O) groups excluding carboxylic acids is 2. The van der Waals surface area contributed by atoms with Crippen LogP contribution in [-0.2, 0) is 14.3 Å². The van der Waals surface area contributed by atoms with Crippen molar-refractivity contribution in [3.8, 4) is 0 Å². The molecule has 0 bridgehead atoms. The number of hydrogen-bond donors (Lipinski definition) is 3. The second-order valence-electron chi connectivity index (χ2n) is 22.4. The fraction of sp³-hybridized carbons (Fsp3) is 0.881. The van der Waals surface area contributed by atoms with Crippen molar-refractivity contribution in [3.63, 3.8) is 0 Å². The van der Waals surface area contributed by atoms with Crippen LogP contribution in [0.3, 0.4) is 0 Å². The summed E-state index contributed by atoms with van der Waals surface area (Å²) < 4.78 is 5.49. The molecular formula is C67H127NO5. The van der Waals surface area contributed by atoms with Gasteiger partial charge in [-0.2, -0.15) is 0 Å². The summed E-state index contributed by atoms with van der Waals surface area (Å²) in [5.74, 6) is -0.0372. The molecule has 6 heteroatoms. The van der Waals surface area contributed by atoms with Crippen molar-refractivity contribution < 1.29 is 24.5 Å². The summed E-state index contributed by atoms with van der Waals surface area (Å²) in [6.07, 6.45) is 78.7. The first kappa shape index (κ1) is 71.1. The summed E-state index contributed by atoms with van der Waals surface area (Å²) in [5.41, 5.74) is 0. The molecule has 6 nitrogen and oxygen atoms in total. The summed E-state index contributed by atoms with van der Waals surface area (Å²) in [6.45, 7) is 4.94. The maximum atomic E-state index is 12.5. The molecule has 0 saturated carbocycles. The Hall–Kier alpha value is -1.92. The highest BCUT2D eigenvalue weighted by atomic mass is 16.5. The molecule has 0 spiro atoms. The van der Waals surface area contributed by atoms with Gasteiger partial charge in [-0.05, 0) is 83.5 Å². The fourth-order valence-electron chi connectivity index (χ4n) is 10.1. The smallest absolute Gasteiger partial charge is 0.305 e. The largest absolute Gasteiger partial charge is 0.466 e. The number of esters is 1. The van der Waals surface area contributed by atoms with Gasteiger partial charge in [0.25, 0.3) is 0 Å². The van der Waals surface area contributed by atoms with Gasteiger partial charge in [0.2, 0.25) is 5.91 Å². The van der Waals surface area contributed by atoms with E-state index in [4.69, 9.17) is 4.74 Å². The van der Waals surface area contributed by atoms with Crippen LogP contribution in [0.25, 0.3) is 0 Å². The molecule has 73 heavy (non-hydrogen) atoms. The highest BCUT2D eigenvalue weighted by Gasteiger charge is 2.20. The molecule has 0 fully saturated rings. The van der Waals surface area contributed by atoms with Gasteiger partial charge in [0.1, 0.15) is 0 Å². The Kier molecular flexibility index (Phi) is 61.0. The van der Waals surface area contributed by atoms with E-state index in [1.807, 2.05) is 0 Å². The second kappa shape index (κ2) is 62.6. The van der Waals surface area contributed by atoms with E-state index in [-0.39, 0.29) is 18.5 Å². The number of aliphatic hydroxyl groups is 2. The van der Waals surface area contributed by atoms with Crippen LogP contribution in [0.4, 0.5) is 0 Å². The van der Waals surface area contributed by atoms with E-state index in [1.165, 1.54) is 270 Å². The lowest BCUT2D eigenvalue weighted by molar-refractivity contribution is -0.143. The molecule has 2 atom stereocenters. The molecule has 430 valence electrons. The number of allylic oxidation sites excluding steroid dienone is 6. The van der Waals surface area contributed by atoms with Gasteiger partial charge in [0.15, 0.2) is 0 Å². The molecule has 0 rings (SSSR count). The number of carbonyl (C=O) groups is 2. The number of rotatable bonds is 61. The monoisotopic (exact) mass is 1030 g/mol. The van der Waals surface area contributed by atoms with E-state index in [2.05, 4.69) is 55.6 Å². The molecular weight excluding hydrogens is 899 g/mol. The van der Waals surface area contributed by atoms with Gasteiger partial charge in [-0.1, -0.05) is 294 Å². The lowest BCUT2D eigenvalue weighted by atomic mass is 10.0. The molecule has 0 heterocycles. The Morgan fingerprint density at radius 2 is 0.685 bits per heavy atom. The van der Waals surface area contributed by atoms with Crippen LogP contribution < -0.4 is 5.32 Å². The molecule has 0 radical (unpaired) electrons. The molecule has 0 aliphatic carbocycles. The van der Waals surface area contributed by atoms with Crippen LogP contribution in [0, 0.1) is 0 Å². The Morgan fingerprint density at radius 1 is 0.384 bits per heavy atom. The number of nitrogens with one attached hydrogen (secondary N) is 1. The van der Waals surface area contributed by atoms with Gasteiger partial charge in [-0.25, -0.2) is 0 Å². The Labute approximate surface area is 455 Å². The van der Waals surface area contributed by atoms with Crippen LogP contribution in [0.2, 0.25) is 0 Å². The summed E-state index contributed by atoms with van der Waals surface area (Å²) >= 11 is 0. The van der Waals surface area contributed by atoms with E-state index >= 15 is 0 Å². The van der Waals surface area contributed by atoms with Crippen molar-refractivity contribution in [2.45, 2.75) is 366 Å². The number of ether oxygens (including phenoxy) is 1. The molecule has 1 amide bonds. The quantitative estimate of drug-likeness (QED) is 0.0320.